The molecule has 1 unspecified atom stereocenters. The van der Waals surface area contributed by atoms with Crippen LogP contribution >= 0.6 is 11.3 Å². The van der Waals surface area contributed by atoms with Crippen LogP contribution in [0.3, 0.4) is 0 Å². The zero-order valence-corrected chi connectivity index (χ0v) is 12.4. The predicted molar refractivity (Wildman–Crippen MR) is 78.5 cm³/mol. The summed E-state index contributed by atoms with van der Waals surface area (Å²) in [6.45, 7) is 2.54. The van der Waals surface area contributed by atoms with Crippen LogP contribution in [0.5, 0.6) is 0 Å². The molecule has 0 aliphatic carbocycles. The smallest absolute Gasteiger partial charge is 0.227 e. The largest absolute Gasteiger partial charge is 0.369 e. The molecule has 3 heterocycles. The third kappa shape index (κ3) is 2.56. The Labute approximate surface area is 125 Å². The number of thiophene rings is 1. The summed E-state index contributed by atoms with van der Waals surface area (Å²) in [6.07, 6.45) is 0.546. The maximum atomic E-state index is 11.8. The van der Waals surface area contributed by atoms with Crippen molar-refractivity contribution in [3.63, 3.8) is 0 Å². The lowest BCUT2D eigenvalue weighted by Crippen LogP contribution is -2.26. The second-order valence-electron chi connectivity index (χ2n) is 5.18. The highest BCUT2D eigenvalue weighted by atomic mass is 32.1. The number of rotatable bonds is 4. The Hall–Kier alpha value is -2.15. The van der Waals surface area contributed by atoms with Gasteiger partial charge < -0.3 is 10.6 Å². The normalized spacial score (nSPS) is 15.0. The topological polar surface area (TPSA) is 92.1 Å². The Balaban J connectivity index is 1.89. The van der Waals surface area contributed by atoms with E-state index >= 15 is 0 Å². The van der Waals surface area contributed by atoms with Gasteiger partial charge in [0.25, 0.3) is 0 Å². The van der Waals surface area contributed by atoms with Gasteiger partial charge in [-0.3, -0.25) is 14.7 Å². The molecule has 2 amide bonds. The number of fused-ring (bicyclic) bond motifs is 1. The molecule has 3 rings (SSSR count). The fourth-order valence-electron chi connectivity index (χ4n) is 2.63. The van der Waals surface area contributed by atoms with Crippen molar-refractivity contribution in [2.75, 3.05) is 0 Å². The number of nitrogens with zero attached hydrogens (tertiary/aromatic N) is 2. The van der Waals surface area contributed by atoms with E-state index < -0.39 is 5.92 Å². The molecule has 0 bridgehead atoms. The van der Waals surface area contributed by atoms with E-state index in [1.54, 1.807) is 16.2 Å². The van der Waals surface area contributed by atoms with Crippen molar-refractivity contribution in [3.8, 4) is 0 Å². The Morgan fingerprint density at radius 1 is 1.52 bits per heavy atom. The Kier molecular flexibility index (Phi) is 3.50. The van der Waals surface area contributed by atoms with Gasteiger partial charge in [0, 0.05) is 23.9 Å². The van der Waals surface area contributed by atoms with E-state index in [1.807, 2.05) is 17.5 Å². The first-order chi connectivity index (χ1) is 10.1. The minimum Gasteiger partial charge on any atom is -0.369 e. The number of hydrogen-bond donors (Lipinski definition) is 2. The van der Waals surface area contributed by atoms with E-state index in [-0.39, 0.29) is 11.8 Å². The SMILES string of the molecule is CC(=O)N1Cc2[nH]nc(C(Cc3cccs3)C(N)=O)c2C1. The van der Waals surface area contributed by atoms with Gasteiger partial charge in [-0.2, -0.15) is 5.10 Å². The summed E-state index contributed by atoms with van der Waals surface area (Å²) < 4.78 is 0. The molecular formula is C14H16N4O2S. The van der Waals surface area contributed by atoms with E-state index in [9.17, 15) is 9.59 Å². The highest BCUT2D eigenvalue weighted by molar-refractivity contribution is 7.09. The Bertz CT molecular complexity index is 677. The lowest BCUT2D eigenvalue weighted by atomic mass is 9.96. The number of nitrogens with two attached hydrogens (primary N) is 1. The summed E-state index contributed by atoms with van der Waals surface area (Å²) in [5, 5.41) is 9.18. The maximum absolute atomic E-state index is 11.8. The molecule has 3 N–H and O–H groups in total. The van der Waals surface area contributed by atoms with Crippen molar-refractivity contribution in [1.29, 1.82) is 0 Å². The van der Waals surface area contributed by atoms with Gasteiger partial charge in [-0.05, 0) is 17.9 Å². The molecule has 0 fully saturated rings. The van der Waals surface area contributed by atoms with E-state index in [1.165, 1.54) is 6.92 Å². The number of carbonyl (C=O) groups excluding carboxylic acids is 2. The van der Waals surface area contributed by atoms with Gasteiger partial charge in [0.05, 0.1) is 23.9 Å². The molecule has 0 saturated heterocycles. The molecule has 0 saturated carbocycles. The Morgan fingerprint density at radius 2 is 2.33 bits per heavy atom. The van der Waals surface area contributed by atoms with Crippen LogP contribution in [-0.4, -0.2) is 26.9 Å². The van der Waals surface area contributed by atoms with Crippen LogP contribution in [0.1, 0.15) is 34.7 Å². The average Bonchev–Trinajstić information content (AvgIpc) is 3.12. The Morgan fingerprint density at radius 3 is 2.95 bits per heavy atom. The van der Waals surface area contributed by atoms with Gasteiger partial charge in [0.15, 0.2) is 0 Å². The van der Waals surface area contributed by atoms with Crippen LogP contribution in [0.2, 0.25) is 0 Å². The molecule has 21 heavy (non-hydrogen) atoms. The summed E-state index contributed by atoms with van der Waals surface area (Å²) >= 11 is 1.59. The average molecular weight is 304 g/mol. The van der Waals surface area contributed by atoms with Crippen molar-refractivity contribution in [1.82, 2.24) is 15.1 Å². The maximum Gasteiger partial charge on any atom is 0.227 e. The molecule has 0 aromatic carbocycles. The van der Waals surface area contributed by atoms with Crippen LogP contribution in [0.25, 0.3) is 0 Å². The number of primary amides is 1. The predicted octanol–water partition coefficient (Wildman–Crippen LogP) is 1.14. The van der Waals surface area contributed by atoms with Crippen LogP contribution < -0.4 is 5.73 Å². The summed E-state index contributed by atoms with van der Waals surface area (Å²) in [7, 11) is 0. The first-order valence-corrected chi connectivity index (χ1v) is 7.57. The van der Waals surface area contributed by atoms with Gasteiger partial charge in [0.2, 0.25) is 11.8 Å². The monoisotopic (exact) mass is 304 g/mol. The first-order valence-electron chi connectivity index (χ1n) is 6.69. The number of aromatic amines is 1. The van der Waals surface area contributed by atoms with Crippen molar-refractivity contribution in [2.45, 2.75) is 32.4 Å². The quantitative estimate of drug-likeness (QED) is 0.887. The van der Waals surface area contributed by atoms with Crippen LogP contribution in [-0.2, 0) is 29.1 Å². The van der Waals surface area contributed by atoms with Gasteiger partial charge in [-0.1, -0.05) is 6.07 Å². The van der Waals surface area contributed by atoms with Gasteiger partial charge >= 0.3 is 0 Å². The zero-order valence-electron chi connectivity index (χ0n) is 11.6. The van der Waals surface area contributed by atoms with Gasteiger partial charge in [-0.15, -0.1) is 11.3 Å². The standard InChI is InChI=1S/C14H16N4O2S/c1-8(19)18-6-11-12(7-18)16-17-13(11)10(14(15)20)5-9-3-2-4-21-9/h2-4,10H,5-7H2,1H3,(H2,15,20)(H,16,17). The van der Waals surface area contributed by atoms with Gasteiger partial charge in [0.1, 0.15) is 0 Å². The van der Waals surface area contributed by atoms with E-state index in [0.717, 1.165) is 16.1 Å². The number of H-pyrrole nitrogens is 1. The lowest BCUT2D eigenvalue weighted by molar-refractivity contribution is -0.129. The fraction of sp³-hybridized carbons (Fsp3) is 0.357. The summed E-state index contributed by atoms with van der Waals surface area (Å²) in [5.74, 6) is -0.839. The summed E-state index contributed by atoms with van der Waals surface area (Å²) in [6, 6.07) is 3.93. The van der Waals surface area contributed by atoms with Crippen LogP contribution in [0.15, 0.2) is 17.5 Å². The second-order valence-corrected chi connectivity index (χ2v) is 6.21. The molecule has 2 aromatic rings. The summed E-state index contributed by atoms with van der Waals surface area (Å²) in [4.78, 5) is 26.1. The molecule has 7 heteroatoms. The molecule has 110 valence electrons. The molecule has 0 spiro atoms. The van der Waals surface area contributed by atoms with Crippen LogP contribution in [0, 0.1) is 0 Å². The van der Waals surface area contributed by atoms with Crippen molar-refractivity contribution in [3.05, 3.63) is 39.3 Å². The van der Waals surface area contributed by atoms with E-state index in [2.05, 4.69) is 10.2 Å². The number of nitrogens with one attached hydrogen (secondary N) is 1. The lowest BCUT2D eigenvalue weighted by Gasteiger charge is -2.14. The molecule has 1 aliphatic heterocycles. The first kappa shape index (κ1) is 13.8. The number of hydrogen-bond acceptors (Lipinski definition) is 4. The van der Waals surface area contributed by atoms with Crippen molar-refractivity contribution < 1.29 is 9.59 Å². The van der Waals surface area contributed by atoms with Gasteiger partial charge in [-0.25, -0.2) is 0 Å². The van der Waals surface area contributed by atoms with E-state index in [0.29, 0.717) is 25.2 Å². The molecule has 1 aliphatic rings. The van der Waals surface area contributed by atoms with E-state index in [4.69, 9.17) is 5.73 Å². The molecular weight excluding hydrogens is 288 g/mol. The second kappa shape index (κ2) is 5.33. The highest BCUT2D eigenvalue weighted by Crippen LogP contribution is 2.31. The number of amides is 2. The molecule has 1 atom stereocenters. The molecule has 2 aromatic heterocycles. The fourth-order valence-corrected chi connectivity index (χ4v) is 3.39. The van der Waals surface area contributed by atoms with Crippen molar-refractivity contribution >= 4 is 23.2 Å². The summed E-state index contributed by atoms with van der Waals surface area (Å²) in [5.41, 5.74) is 8.08. The van der Waals surface area contributed by atoms with Crippen LogP contribution in [0.4, 0.5) is 0 Å². The molecule has 0 radical (unpaired) electrons. The highest BCUT2D eigenvalue weighted by Gasteiger charge is 2.32. The minimum atomic E-state index is -0.462. The third-order valence-electron chi connectivity index (χ3n) is 3.79. The zero-order chi connectivity index (χ0) is 15.0. The number of aromatic nitrogens is 2. The minimum absolute atomic E-state index is 0.0134. The number of carbonyl (C=O) groups is 2. The molecule has 6 nitrogen and oxygen atoms in total. The third-order valence-corrected chi connectivity index (χ3v) is 4.69. The van der Waals surface area contributed by atoms with Crippen molar-refractivity contribution in [2.24, 2.45) is 5.73 Å².